The van der Waals surface area contributed by atoms with Crippen LogP contribution in [0.5, 0.6) is 0 Å². The Morgan fingerprint density at radius 2 is 1.83 bits per heavy atom. The summed E-state index contributed by atoms with van der Waals surface area (Å²) in [6.45, 7) is 1.04. The van der Waals surface area contributed by atoms with Crippen molar-refractivity contribution in [2.24, 2.45) is 0 Å². The average Bonchev–Trinajstić information content (AvgIpc) is 2.32. The maximum Gasteiger partial charge on any atom is 0.147 e. The Balaban J connectivity index is 2.32. The van der Waals surface area contributed by atoms with Gasteiger partial charge in [0.15, 0.2) is 0 Å². The van der Waals surface area contributed by atoms with E-state index in [-0.39, 0.29) is 10.6 Å². The number of nitrogens with zero attached hydrogens (tertiary/aromatic N) is 1. The Labute approximate surface area is 107 Å². The largest absolute Gasteiger partial charge is 0.368 e. The summed E-state index contributed by atoms with van der Waals surface area (Å²) >= 11 is 0. The number of halogens is 2. The molecule has 1 aliphatic rings. The monoisotopic (exact) mass is 272 g/mol. The lowest BCUT2D eigenvalue weighted by Crippen LogP contribution is -2.34. The Morgan fingerprint density at radius 1 is 1.22 bits per heavy atom. The minimum absolute atomic E-state index is 0.110. The average molecular weight is 272 g/mol. The van der Waals surface area contributed by atoms with Gasteiger partial charge in [-0.15, -0.1) is 0 Å². The Kier molecular flexibility index (Phi) is 3.75. The van der Waals surface area contributed by atoms with Crippen LogP contribution in [0.25, 0.3) is 0 Å². The molecule has 2 rings (SSSR count). The lowest BCUT2D eigenvalue weighted by molar-refractivity contribution is 0.566. The normalized spacial score (nSPS) is 17.9. The molecule has 0 radical (unpaired) electrons. The molecule has 0 saturated carbocycles. The molecule has 18 heavy (non-hydrogen) atoms. The summed E-state index contributed by atoms with van der Waals surface area (Å²) in [7, 11) is -1.54. The zero-order valence-electron chi connectivity index (χ0n) is 10.0. The topological polar surface area (TPSA) is 44.2 Å². The number of nitrogens with one attached hydrogen (secondary N) is 1. The smallest absolute Gasteiger partial charge is 0.147 e. The predicted octanol–water partition coefficient (Wildman–Crippen LogP) is 2.32. The van der Waals surface area contributed by atoms with Crippen LogP contribution in [0, 0.1) is 17.0 Å². The van der Waals surface area contributed by atoms with Gasteiger partial charge >= 0.3 is 0 Å². The molecule has 1 N–H and O–H groups in total. The van der Waals surface area contributed by atoms with Gasteiger partial charge in [-0.25, -0.2) is 8.78 Å². The van der Waals surface area contributed by atoms with Crippen LogP contribution >= 0.6 is 0 Å². The standard InChI is InChI=1S/C12H14F2N2OS/c1-18(17)12-7-9(13)11(6-10(12)14)16-4-2-8(15)3-5-16/h6-7,15H,2-5H2,1H3. The fourth-order valence-electron chi connectivity index (χ4n) is 2.00. The minimum Gasteiger partial charge on any atom is -0.368 e. The van der Waals surface area contributed by atoms with Crippen molar-refractivity contribution in [3.05, 3.63) is 23.8 Å². The lowest BCUT2D eigenvalue weighted by Gasteiger charge is -2.29. The number of hydrogen-bond acceptors (Lipinski definition) is 3. The summed E-state index contributed by atoms with van der Waals surface area (Å²) in [5.41, 5.74) is 0.826. The molecule has 1 saturated heterocycles. The molecule has 1 aliphatic heterocycles. The van der Waals surface area contributed by atoms with E-state index >= 15 is 0 Å². The number of benzene rings is 1. The maximum atomic E-state index is 13.9. The molecule has 98 valence electrons. The van der Waals surface area contributed by atoms with Crippen LogP contribution in [0.15, 0.2) is 17.0 Å². The molecule has 1 aromatic carbocycles. The van der Waals surface area contributed by atoms with Gasteiger partial charge in [-0.3, -0.25) is 4.21 Å². The van der Waals surface area contributed by atoms with Crippen molar-refractivity contribution in [2.75, 3.05) is 24.2 Å². The highest BCUT2D eigenvalue weighted by molar-refractivity contribution is 7.84. The quantitative estimate of drug-likeness (QED) is 0.898. The van der Waals surface area contributed by atoms with Gasteiger partial charge in [0.1, 0.15) is 11.6 Å². The van der Waals surface area contributed by atoms with Crippen LogP contribution in [0.2, 0.25) is 0 Å². The fourth-order valence-corrected chi connectivity index (χ4v) is 2.60. The second-order valence-electron chi connectivity index (χ2n) is 4.28. The van der Waals surface area contributed by atoms with Crippen molar-refractivity contribution in [3.63, 3.8) is 0 Å². The summed E-state index contributed by atoms with van der Waals surface area (Å²) in [5.74, 6) is -1.21. The van der Waals surface area contributed by atoms with Gasteiger partial charge in [0.05, 0.1) is 21.4 Å². The summed E-state index contributed by atoms with van der Waals surface area (Å²) in [6, 6.07) is 2.10. The van der Waals surface area contributed by atoms with Crippen LogP contribution in [-0.4, -0.2) is 29.3 Å². The molecule has 0 aromatic heterocycles. The summed E-state index contributed by atoms with van der Waals surface area (Å²) in [4.78, 5) is 1.61. The SMILES string of the molecule is CS(=O)c1cc(F)c(N2CCC(=N)CC2)cc1F. The number of anilines is 1. The first-order valence-corrected chi connectivity index (χ1v) is 7.18. The van der Waals surface area contributed by atoms with Gasteiger partial charge < -0.3 is 10.3 Å². The van der Waals surface area contributed by atoms with Crippen molar-refractivity contribution >= 4 is 22.2 Å². The Hall–Kier alpha value is -1.30. The van der Waals surface area contributed by atoms with Gasteiger partial charge in [-0.1, -0.05) is 0 Å². The molecular formula is C12H14F2N2OS. The van der Waals surface area contributed by atoms with Gasteiger partial charge in [-0.05, 0) is 6.07 Å². The number of piperidine rings is 1. The van der Waals surface area contributed by atoms with Gasteiger partial charge in [0.2, 0.25) is 0 Å². The minimum atomic E-state index is -1.54. The Bertz CT molecular complexity index is 509. The summed E-state index contributed by atoms with van der Waals surface area (Å²) < 4.78 is 38.8. The van der Waals surface area contributed by atoms with Crippen LogP contribution in [0.3, 0.4) is 0 Å². The summed E-state index contributed by atoms with van der Waals surface area (Å²) in [5, 5.41) is 7.49. The van der Waals surface area contributed by atoms with E-state index in [0.29, 0.717) is 31.6 Å². The third kappa shape index (κ3) is 2.58. The molecule has 0 aliphatic carbocycles. The van der Waals surface area contributed by atoms with E-state index < -0.39 is 22.4 Å². The van der Waals surface area contributed by atoms with Crippen molar-refractivity contribution in [2.45, 2.75) is 17.7 Å². The van der Waals surface area contributed by atoms with Crippen molar-refractivity contribution in [3.8, 4) is 0 Å². The van der Waals surface area contributed by atoms with E-state index in [1.54, 1.807) is 4.90 Å². The maximum absolute atomic E-state index is 13.9. The third-order valence-corrected chi connectivity index (χ3v) is 3.95. The van der Waals surface area contributed by atoms with Crippen LogP contribution < -0.4 is 4.90 Å². The van der Waals surface area contributed by atoms with Crippen molar-refractivity contribution in [1.29, 1.82) is 5.41 Å². The van der Waals surface area contributed by atoms with E-state index in [9.17, 15) is 13.0 Å². The second kappa shape index (κ2) is 5.14. The first-order chi connectivity index (χ1) is 8.49. The number of hydrogen-bond donors (Lipinski definition) is 1. The van der Waals surface area contributed by atoms with Crippen LogP contribution in [-0.2, 0) is 10.8 Å². The van der Waals surface area contributed by atoms with Gasteiger partial charge in [-0.2, -0.15) is 0 Å². The van der Waals surface area contributed by atoms with E-state index in [1.165, 1.54) is 6.26 Å². The zero-order chi connectivity index (χ0) is 13.3. The molecular weight excluding hydrogens is 258 g/mol. The first-order valence-electron chi connectivity index (χ1n) is 5.62. The van der Waals surface area contributed by atoms with Crippen molar-refractivity contribution < 1.29 is 13.0 Å². The van der Waals surface area contributed by atoms with Gasteiger partial charge in [0, 0.05) is 44.0 Å². The molecule has 3 nitrogen and oxygen atoms in total. The highest BCUT2D eigenvalue weighted by atomic mass is 32.2. The van der Waals surface area contributed by atoms with Gasteiger partial charge in [0.25, 0.3) is 0 Å². The second-order valence-corrected chi connectivity index (χ2v) is 5.63. The van der Waals surface area contributed by atoms with Crippen molar-refractivity contribution in [1.82, 2.24) is 0 Å². The third-order valence-electron chi connectivity index (χ3n) is 3.02. The molecule has 6 heteroatoms. The molecule has 1 aromatic rings. The highest BCUT2D eigenvalue weighted by Gasteiger charge is 2.20. The molecule has 1 fully saturated rings. The van der Waals surface area contributed by atoms with E-state index in [1.807, 2.05) is 0 Å². The summed E-state index contributed by atoms with van der Waals surface area (Å²) in [6.07, 6.45) is 2.46. The predicted molar refractivity (Wildman–Crippen MR) is 67.9 cm³/mol. The Morgan fingerprint density at radius 3 is 2.39 bits per heavy atom. The molecule has 1 atom stereocenters. The fraction of sp³-hybridized carbons (Fsp3) is 0.417. The van der Waals surface area contributed by atoms with E-state index in [0.717, 1.165) is 12.1 Å². The highest BCUT2D eigenvalue weighted by Crippen LogP contribution is 2.26. The van der Waals surface area contributed by atoms with E-state index in [2.05, 4.69) is 0 Å². The molecule has 0 amide bonds. The van der Waals surface area contributed by atoms with E-state index in [4.69, 9.17) is 5.41 Å². The molecule has 0 bridgehead atoms. The molecule has 1 heterocycles. The number of rotatable bonds is 2. The van der Waals surface area contributed by atoms with Crippen LogP contribution in [0.4, 0.5) is 14.5 Å². The lowest BCUT2D eigenvalue weighted by atomic mass is 10.1. The first kappa shape index (κ1) is 13.1. The molecule has 1 unspecified atom stereocenters. The van der Waals surface area contributed by atoms with Crippen LogP contribution in [0.1, 0.15) is 12.8 Å². The molecule has 0 spiro atoms. The zero-order valence-corrected chi connectivity index (χ0v) is 10.8.